The highest BCUT2D eigenvalue weighted by Crippen LogP contribution is 2.22. The Labute approximate surface area is 244 Å². The second-order valence-corrected chi connectivity index (χ2v) is 12.4. The number of hydrogen-bond acceptors (Lipinski definition) is 5. The number of anilines is 1. The molecule has 0 saturated carbocycles. The Balaban J connectivity index is 2.05. The molecule has 9 heteroatoms. The van der Waals surface area contributed by atoms with Gasteiger partial charge in [0.2, 0.25) is 21.8 Å². The van der Waals surface area contributed by atoms with Crippen molar-refractivity contribution >= 4 is 27.5 Å². The molecular formula is C32H41N3O5S. The number of aryl methyl sites for hydroxylation is 1. The van der Waals surface area contributed by atoms with E-state index in [1.54, 1.807) is 25.3 Å². The molecule has 1 N–H and O–H groups in total. The highest BCUT2D eigenvalue weighted by atomic mass is 32.2. The molecule has 0 aliphatic carbocycles. The van der Waals surface area contributed by atoms with Gasteiger partial charge in [0.15, 0.2) is 0 Å². The molecule has 0 saturated heterocycles. The molecule has 0 spiro atoms. The van der Waals surface area contributed by atoms with E-state index in [0.717, 1.165) is 33.7 Å². The van der Waals surface area contributed by atoms with Crippen LogP contribution in [-0.4, -0.2) is 57.6 Å². The van der Waals surface area contributed by atoms with E-state index in [4.69, 9.17) is 4.74 Å². The highest BCUT2D eigenvalue weighted by Gasteiger charge is 2.33. The number of methoxy groups -OCH3 is 1. The van der Waals surface area contributed by atoms with E-state index in [1.165, 1.54) is 4.90 Å². The molecule has 2 amide bonds. The van der Waals surface area contributed by atoms with Gasteiger partial charge >= 0.3 is 0 Å². The summed E-state index contributed by atoms with van der Waals surface area (Å²) in [6, 6.07) is 23.0. The lowest BCUT2D eigenvalue weighted by atomic mass is 10.0. The second kappa shape index (κ2) is 14.7. The van der Waals surface area contributed by atoms with Crippen LogP contribution >= 0.6 is 0 Å². The van der Waals surface area contributed by atoms with Crippen LogP contribution in [-0.2, 0) is 39.0 Å². The smallest absolute Gasteiger partial charge is 0.244 e. The number of nitrogens with zero attached hydrogens (tertiary/aromatic N) is 2. The number of benzene rings is 3. The summed E-state index contributed by atoms with van der Waals surface area (Å²) in [7, 11) is -2.25. The molecule has 1 atom stereocenters. The van der Waals surface area contributed by atoms with Crippen molar-refractivity contribution in [2.24, 2.45) is 5.92 Å². The van der Waals surface area contributed by atoms with Gasteiger partial charge in [0.1, 0.15) is 18.3 Å². The van der Waals surface area contributed by atoms with Crippen LogP contribution in [0.2, 0.25) is 0 Å². The van der Waals surface area contributed by atoms with E-state index in [0.29, 0.717) is 18.0 Å². The van der Waals surface area contributed by atoms with Crippen LogP contribution in [0.1, 0.15) is 37.5 Å². The SMILES string of the molecule is CCc1ccc(N(CC(=O)N(Cc2cccc(OC)c2)[C@@H](Cc2ccccc2)C(=O)NCC(C)C)S(C)(=O)=O)cc1. The highest BCUT2D eigenvalue weighted by molar-refractivity contribution is 7.92. The van der Waals surface area contributed by atoms with Crippen LogP contribution in [0.15, 0.2) is 78.9 Å². The van der Waals surface area contributed by atoms with E-state index in [-0.39, 0.29) is 24.8 Å². The number of carbonyl (C=O) groups is 2. The van der Waals surface area contributed by atoms with Gasteiger partial charge in [-0.2, -0.15) is 0 Å². The maximum absolute atomic E-state index is 14.1. The summed E-state index contributed by atoms with van der Waals surface area (Å²) in [5.41, 5.74) is 3.09. The molecule has 0 aliphatic heterocycles. The molecule has 41 heavy (non-hydrogen) atoms. The van der Waals surface area contributed by atoms with Crippen molar-refractivity contribution < 1.29 is 22.7 Å². The first-order valence-corrected chi connectivity index (χ1v) is 15.7. The number of sulfonamides is 1. The van der Waals surface area contributed by atoms with Gasteiger partial charge in [-0.25, -0.2) is 8.42 Å². The Morgan fingerprint density at radius 2 is 1.56 bits per heavy atom. The van der Waals surface area contributed by atoms with Crippen LogP contribution in [0.5, 0.6) is 5.75 Å². The molecule has 0 fully saturated rings. The van der Waals surface area contributed by atoms with Gasteiger partial charge in [0, 0.05) is 19.5 Å². The molecule has 0 bridgehead atoms. The number of nitrogens with one attached hydrogen (secondary N) is 1. The van der Waals surface area contributed by atoms with Gasteiger partial charge in [0.05, 0.1) is 19.1 Å². The van der Waals surface area contributed by atoms with Crippen molar-refractivity contribution in [3.63, 3.8) is 0 Å². The summed E-state index contributed by atoms with van der Waals surface area (Å²) >= 11 is 0. The van der Waals surface area contributed by atoms with Crippen LogP contribution in [0.25, 0.3) is 0 Å². The standard InChI is InChI=1S/C32H41N3O5S/c1-6-25-15-17-28(18-16-25)35(41(5,38)39)23-31(36)34(22-27-13-10-14-29(19-27)40-4)30(32(37)33-21-24(2)3)20-26-11-8-7-9-12-26/h7-19,24,30H,6,20-23H2,1-5H3,(H,33,37)/t30-/m0/s1. The quantitative estimate of drug-likeness (QED) is 0.305. The van der Waals surface area contributed by atoms with Crippen LogP contribution in [0.3, 0.4) is 0 Å². The van der Waals surface area contributed by atoms with Gasteiger partial charge < -0.3 is 15.0 Å². The molecule has 0 aliphatic rings. The number of ether oxygens (including phenoxy) is 1. The monoisotopic (exact) mass is 579 g/mol. The first-order valence-electron chi connectivity index (χ1n) is 13.8. The van der Waals surface area contributed by atoms with Crippen LogP contribution in [0, 0.1) is 5.92 Å². The lowest BCUT2D eigenvalue weighted by Crippen LogP contribution is -2.53. The Morgan fingerprint density at radius 3 is 2.15 bits per heavy atom. The molecule has 0 heterocycles. The Hall–Kier alpha value is -3.85. The zero-order chi connectivity index (χ0) is 30.0. The number of rotatable bonds is 14. The zero-order valence-corrected chi connectivity index (χ0v) is 25.4. The fraction of sp³-hybridized carbons (Fsp3) is 0.375. The predicted octanol–water partition coefficient (Wildman–Crippen LogP) is 4.44. The summed E-state index contributed by atoms with van der Waals surface area (Å²) in [5, 5.41) is 2.98. The van der Waals surface area contributed by atoms with E-state index < -0.39 is 28.5 Å². The van der Waals surface area contributed by atoms with E-state index in [2.05, 4.69) is 5.32 Å². The van der Waals surface area contributed by atoms with Gasteiger partial charge in [-0.3, -0.25) is 13.9 Å². The minimum Gasteiger partial charge on any atom is -0.497 e. The van der Waals surface area contributed by atoms with E-state index >= 15 is 0 Å². The molecule has 8 nitrogen and oxygen atoms in total. The van der Waals surface area contributed by atoms with Crippen LogP contribution in [0.4, 0.5) is 5.69 Å². The van der Waals surface area contributed by atoms with Crippen molar-refractivity contribution in [3.05, 3.63) is 95.6 Å². The van der Waals surface area contributed by atoms with Gasteiger partial charge in [-0.1, -0.05) is 75.4 Å². The number of amides is 2. The third kappa shape index (κ3) is 9.35. The third-order valence-electron chi connectivity index (χ3n) is 6.75. The summed E-state index contributed by atoms with van der Waals surface area (Å²) in [6.07, 6.45) is 2.15. The molecule has 0 aromatic heterocycles. The largest absolute Gasteiger partial charge is 0.497 e. The van der Waals surface area contributed by atoms with Gasteiger partial charge in [-0.05, 0) is 53.3 Å². The average molecular weight is 580 g/mol. The minimum atomic E-state index is -3.81. The summed E-state index contributed by atoms with van der Waals surface area (Å²) in [4.78, 5) is 29.3. The van der Waals surface area contributed by atoms with Crippen molar-refractivity contribution in [1.29, 1.82) is 0 Å². The van der Waals surface area contributed by atoms with Crippen molar-refractivity contribution in [2.75, 3.05) is 30.8 Å². The molecule has 0 radical (unpaired) electrons. The summed E-state index contributed by atoms with van der Waals surface area (Å²) in [6.45, 7) is 6.11. The van der Waals surface area contributed by atoms with E-state index in [9.17, 15) is 18.0 Å². The Morgan fingerprint density at radius 1 is 0.902 bits per heavy atom. The topological polar surface area (TPSA) is 96.0 Å². The number of carbonyl (C=O) groups excluding carboxylic acids is 2. The lowest BCUT2D eigenvalue weighted by Gasteiger charge is -2.33. The lowest BCUT2D eigenvalue weighted by molar-refractivity contribution is -0.140. The first kappa shape index (κ1) is 31.7. The predicted molar refractivity (Wildman–Crippen MR) is 163 cm³/mol. The molecular weight excluding hydrogens is 538 g/mol. The average Bonchev–Trinajstić information content (AvgIpc) is 2.96. The zero-order valence-electron chi connectivity index (χ0n) is 24.5. The third-order valence-corrected chi connectivity index (χ3v) is 7.90. The maximum Gasteiger partial charge on any atom is 0.244 e. The molecule has 3 aromatic carbocycles. The second-order valence-electron chi connectivity index (χ2n) is 10.5. The van der Waals surface area contributed by atoms with Crippen molar-refractivity contribution in [1.82, 2.24) is 10.2 Å². The molecule has 3 rings (SSSR count). The molecule has 0 unspecified atom stereocenters. The normalized spacial score (nSPS) is 12.0. The summed E-state index contributed by atoms with van der Waals surface area (Å²) < 4.78 is 32.3. The fourth-order valence-electron chi connectivity index (χ4n) is 4.46. The van der Waals surface area contributed by atoms with Crippen molar-refractivity contribution in [3.8, 4) is 5.75 Å². The van der Waals surface area contributed by atoms with Crippen molar-refractivity contribution in [2.45, 2.75) is 46.2 Å². The molecule has 220 valence electrons. The van der Waals surface area contributed by atoms with Gasteiger partial charge in [0.25, 0.3) is 0 Å². The first-order chi connectivity index (χ1) is 19.5. The number of hydrogen-bond donors (Lipinski definition) is 1. The van der Waals surface area contributed by atoms with E-state index in [1.807, 2.05) is 81.4 Å². The van der Waals surface area contributed by atoms with Crippen LogP contribution < -0.4 is 14.4 Å². The Kier molecular flexibility index (Phi) is 11.3. The van der Waals surface area contributed by atoms with Gasteiger partial charge in [-0.15, -0.1) is 0 Å². The minimum absolute atomic E-state index is 0.0923. The molecule has 3 aromatic rings. The fourth-order valence-corrected chi connectivity index (χ4v) is 5.31. The Bertz CT molecular complexity index is 1390. The maximum atomic E-state index is 14.1. The summed E-state index contributed by atoms with van der Waals surface area (Å²) in [5.74, 6) is 0.0497.